The lowest BCUT2D eigenvalue weighted by molar-refractivity contribution is 0.630. The third-order valence-corrected chi connectivity index (χ3v) is 3.39. The molecule has 0 fully saturated rings. The molecule has 1 rings (SSSR count). The predicted octanol–water partition coefficient (Wildman–Crippen LogP) is 5.53. The number of allylic oxidation sites excluding steroid dienone is 10. The van der Waals surface area contributed by atoms with Gasteiger partial charge in [-0.05, 0) is 41.9 Å². The van der Waals surface area contributed by atoms with E-state index in [0.29, 0.717) is 5.92 Å². The van der Waals surface area contributed by atoms with Crippen molar-refractivity contribution in [2.24, 2.45) is 5.92 Å². The van der Waals surface area contributed by atoms with E-state index in [-0.39, 0.29) is 0 Å². The molecule has 1 unspecified atom stereocenters. The van der Waals surface area contributed by atoms with Crippen LogP contribution in [0.2, 0.25) is 0 Å². The van der Waals surface area contributed by atoms with Crippen molar-refractivity contribution < 1.29 is 0 Å². The molecule has 0 aromatic heterocycles. The Bertz CT molecular complexity index is 413. The molecular formula is C18H24. The molecule has 1 aliphatic carbocycles. The van der Waals surface area contributed by atoms with Crippen molar-refractivity contribution in [2.45, 2.75) is 33.1 Å². The predicted molar refractivity (Wildman–Crippen MR) is 82.5 cm³/mol. The molecule has 0 amide bonds. The van der Waals surface area contributed by atoms with Crippen molar-refractivity contribution in [2.75, 3.05) is 0 Å². The van der Waals surface area contributed by atoms with E-state index in [1.54, 1.807) is 0 Å². The van der Waals surface area contributed by atoms with E-state index >= 15 is 0 Å². The van der Waals surface area contributed by atoms with E-state index in [9.17, 15) is 0 Å². The zero-order valence-corrected chi connectivity index (χ0v) is 11.7. The van der Waals surface area contributed by atoms with Crippen molar-refractivity contribution in [3.05, 3.63) is 72.4 Å². The van der Waals surface area contributed by atoms with Gasteiger partial charge in [0.15, 0.2) is 0 Å². The van der Waals surface area contributed by atoms with Crippen LogP contribution >= 0.6 is 0 Å². The van der Waals surface area contributed by atoms with Gasteiger partial charge in [0.25, 0.3) is 0 Å². The molecule has 1 aliphatic rings. The summed E-state index contributed by atoms with van der Waals surface area (Å²) < 4.78 is 0. The average Bonchev–Trinajstić information content (AvgIpc) is 2.43. The molecule has 0 aliphatic heterocycles. The Morgan fingerprint density at radius 2 is 2.17 bits per heavy atom. The van der Waals surface area contributed by atoms with Crippen molar-refractivity contribution in [1.82, 2.24) is 0 Å². The third kappa shape index (κ3) is 3.73. The fraction of sp³-hybridized carbons (Fsp3) is 0.333. The first kappa shape index (κ1) is 14.5. The van der Waals surface area contributed by atoms with Crippen LogP contribution in [0.4, 0.5) is 0 Å². The monoisotopic (exact) mass is 240 g/mol. The maximum atomic E-state index is 3.96. The Hall–Kier alpha value is -1.56. The summed E-state index contributed by atoms with van der Waals surface area (Å²) in [5.74, 6) is 0.702. The molecule has 96 valence electrons. The van der Waals surface area contributed by atoms with Crippen LogP contribution in [-0.2, 0) is 0 Å². The topological polar surface area (TPSA) is 0 Å². The van der Waals surface area contributed by atoms with Crippen LogP contribution in [0.1, 0.15) is 33.1 Å². The highest BCUT2D eigenvalue weighted by Gasteiger charge is 2.10. The first-order chi connectivity index (χ1) is 8.76. The molecule has 0 saturated heterocycles. The number of rotatable bonds is 6. The molecule has 0 nitrogen and oxygen atoms in total. The van der Waals surface area contributed by atoms with Crippen LogP contribution in [0, 0.1) is 5.92 Å². The molecule has 0 aromatic rings. The summed E-state index contributed by atoms with van der Waals surface area (Å²) in [5.41, 5.74) is 3.87. The molecule has 0 radical (unpaired) electrons. The molecule has 0 bridgehead atoms. The smallest absolute Gasteiger partial charge is 0.0161 e. The highest BCUT2D eigenvalue weighted by atomic mass is 14.1. The largest absolute Gasteiger partial charge is 0.0991 e. The fourth-order valence-electron chi connectivity index (χ4n) is 2.18. The van der Waals surface area contributed by atoms with E-state index in [1.807, 2.05) is 18.2 Å². The van der Waals surface area contributed by atoms with Crippen molar-refractivity contribution in [3.8, 4) is 0 Å². The van der Waals surface area contributed by atoms with Crippen LogP contribution in [0.3, 0.4) is 0 Å². The van der Waals surface area contributed by atoms with Gasteiger partial charge in [0.1, 0.15) is 0 Å². The lowest BCUT2D eigenvalue weighted by atomic mass is 9.89. The minimum Gasteiger partial charge on any atom is -0.0991 e. The van der Waals surface area contributed by atoms with Gasteiger partial charge < -0.3 is 0 Å². The Morgan fingerprint density at radius 1 is 1.39 bits per heavy atom. The fourth-order valence-corrected chi connectivity index (χ4v) is 2.18. The summed E-state index contributed by atoms with van der Waals surface area (Å²) in [5, 5.41) is 0. The Morgan fingerprint density at radius 3 is 2.61 bits per heavy atom. The summed E-state index contributed by atoms with van der Waals surface area (Å²) in [7, 11) is 0. The van der Waals surface area contributed by atoms with Crippen LogP contribution in [-0.4, -0.2) is 0 Å². The summed E-state index contributed by atoms with van der Waals surface area (Å²) in [6, 6.07) is 0. The molecule has 0 spiro atoms. The van der Waals surface area contributed by atoms with Gasteiger partial charge in [0.05, 0.1) is 0 Å². The Balaban J connectivity index is 3.03. The molecule has 0 heterocycles. The lowest BCUT2D eigenvalue weighted by Gasteiger charge is -2.16. The van der Waals surface area contributed by atoms with Gasteiger partial charge >= 0.3 is 0 Å². The molecule has 0 heteroatoms. The molecule has 0 N–H and O–H groups in total. The Kier molecular flexibility index (Phi) is 6.21. The summed E-state index contributed by atoms with van der Waals surface area (Å²) in [6.45, 7) is 12.1. The SMILES string of the molecule is C=C/C=C\C(CC)=C(/C=C)C1=CCC(CC)C=C1. The van der Waals surface area contributed by atoms with Gasteiger partial charge in [0, 0.05) is 0 Å². The maximum absolute atomic E-state index is 3.96. The zero-order chi connectivity index (χ0) is 13.4. The van der Waals surface area contributed by atoms with Gasteiger partial charge in [0.2, 0.25) is 0 Å². The normalized spacial score (nSPS) is 20.6. The van der Waals surface area contributed by atoms with E-state index in [1.165, 1.54) is 23.1 Å². The van der Waals surface area contributed by atoms with E-state index in [4.69, 9.17) is 0 Å². The van der Waals surface area contributed by atoms with E-state index in [2.05, 4.69) is 51.3 Å². The van der Waals surface area contributed by atoms with Crippen LogP contribution in [0.25, 0.3) is 0 Å². The van der Waals surface area contributed by atoms with Gasteiger partial charge in [-0.25, -0.2) is 0 Å². The van der Waals surface area contributed by atoms with Crippen LogP contribution in [0.15, 0.2) is 72.4 Å². The van der Waals surface area contributed by atoms with E-state index < -0.39 is 0 Å². The first-order valence-corrected chi connectivity index (χ1v) is 6.80. The van der Waals surface area contributed by atoms with Gasteiger partial charge in [-0.15, -0.1) is 0 Å². The molecule has 0 saturated carbocycles. The molecule has 1 atom stereocenters. The highest BCUT2D eigenvalue weighted by molar-refractivity contribution is 5.52. The second-order valence-corrected chi connectivity index (χ2v) is 4.51. The zero-order valence-electron chi connectivity index (χ0n) is 11.7. The second kappa shape index (κ2) is 7.71. The third-order valence-electron chi connectivity index (χ3n) is 3.39. The van der Waals surface area contributed by atoms with E-state index in [0.717, 1.165) is 12.8 Å². The van der Waals surface area contributed by atoms with Crippen molar-refractivity contribution in [3.63, 3.8) is 0 Å². The van der Waals surface area contributed by atoms with Gasteiger partial charge in [-0.2, -0.15) is 0 Å². The lowest BCUT2D eigenvalue weighted by Crippen LogP contribution is -2.00. The minimum absolute atomic E-state index is 0.702. The maximum Gasteiger partial charge on any atom is -0.0161 e. The quantitative estimate of drug-likeness (QED) is 0.535. The average molecular weight is 240 g/mol. The molecular weight excluding hydrogens is 216 g/mol. The minimum atomic E-state index is 0.702. The van der Waals surface area contributed by atoms with Crippen LogP contribution in [0.5, 0.6) is 0 Å². The standard InChI is InChI=1S/C18H24/c1-5-9-10-16(7-3)18(8-4)17-13-11-15(6-2)12-14-17/h5,8-11,13-15H,1,4,6-7,12H2,2-3H3/b10-9-,18-16+. The molecule has 18 heavy (non-hydrogen) atoms. The van der Waals surface area contributed by atoms with Crippen molar-refractivity contribution >= 4 is 0 Å². The number of hydrogen-bond acceptors (Lipinski definition) is 0. The first-order valence-electron chi connectivity index (χ1n) is 6.80. The number of hydrogen-bond donors (Lipinski definition) is 0. The van der Waals surface area contributed by atoms with Crippen LogP contribution < -0.4 is 0 Å². The summed E-state index contributed by atoms with van der Waals surface area (Å²) >= 11 is 0. The van der Waals surface area contributed by atoms with Gasteiger partial charge in [-0.1, -0.05) is 69.5 Å². The Labute approximate surface area is 112 Å². The van der Waals surface area contributed by atoms with Crippen molar-refractivity contribution in [1.29, 1.82) is 0 Å². The summed E-state index contributed by atoms with van der Waals surface area (Å²) in [6.07, 6.45) is 18.2. The second-order valence-electron chi connectivity index (χ2n) is 4.51. The molecule has 0 aromatic carbocycles. The summed E-state index contributed by atoms with van der Waals surface area (Å²) in [4.78, 5) is 0. The highest BCUT2D eigenvalue weighted by Crippen LogP contribution is 2.27. The van der Waals surface area contributed by atoms with Gasteiger partial charge in [-0.3, -0.25) is 0 Å².